The average Bonchev–Trinajstić information content (AvgIpc) is 2.60. The lowest BCUT2D eigenvalue weighted by atomic mass is 9.87. The minimum absolute atomic E-state index is 0.0485. The zero-order valence-corrected chi connectivity index (χ0v) is 15.7. The summed E-state index contributed by atoms with van der Waals surface area (Å²) in [4.78, 5) is 21.9. The summed E-state index contributed by atoms with van der Waals surface area (Å²) in [5.74, 6) is 0. The van der Waals surface area contributed by atoms with Crippen LogP contribution in [0.4, 0.5) is 5.69 Å². The first-order valence-electron chi connectivity index (χ1n) is 8.08. The normalized spacial score (nSPS) is 12.3. The second kappa shape index (κ2) is 6.31. The number of hydrogen-bond acceptors (Lipinski definition) is 6. The number of hydrogen-bond donors (Lipinski definition) is 0. The molecule has 27 heavy (non-hydrogen) atoms. The Balaban J connectivity index is 2.16. The van der Waals surface area contributed by atoms with Gasteiger partial charge in [0.2, 0.25) is 9.84 Å². The predicted molar refractivity (Wildman–Crippen MR) is 99.7 cm³/mol. The van der Waals surface area contributed by atoms with Gasteiger partial charge in [-0.3, -0.25) is 10.1 Å². The Hall–Kier alpha value is -3.00. The van der Waals surface area contributed by atoms with Crippen molar-refractivity contribution in [1.29, 1.82) is 0 Å². The second-order valence-corrected chi connectivity index (χ2v) is 9.07. The lowest BCUT2D eigenvalue weighted by molar-refractivity contribution is -0.384. The molecule has 0 aliphatic carbocycles. The topological polar surface area (TPSA) is 107 Å². The molecule has 7 nitrogen and oxygen atoms in total. The molecule has 3 aromatic rings. The van der Waals surface area contributed by atoms with Crippen LogP contribution in [-0.4, -0.2) is 13.3 Å². The molecule has 0 bridgehead atoms. The second-order valence-electron chi connectivity index (χ2n) is 7.16. The molecule has 0 saturated carbocycles. The number of nitrogens with zero attached hydrogens (tertiary/aromatic N) is 1. The van der Waals surface area contributed by atoms with Crippen molar-refractivity contribution >= 4 is 26.5 Å². The Morgan fingerprint density at radius 3 is 2.19 bits per heavy atom. The van der Waals surface area contributed by atoms with Gasteiger partial charge in [-0.1, -0.05) is 32.9 Å². The molecular weight excluding hydrogens is 370 g/mol. The molecule has 0 radical (unpaired) electrons. The lowest BCUT2D eigenvalue weighted by Crippen LogP contribution is -2.15. The summed E-state index contributed by atoms with van der Waals surface area (Å²) >= 11 is 0. The molecule has 0 saturated heterocycles. The van der Waals surface area contributed by atoms with Crippen LogP contribution >= 0.6 is 0 Å². The number of sulfone groups is 1. The summed E-state index contributed by atoms with van der Waals surface area (Å²) in [6, 6.07) is 11.0. The van der Waals surface area contributed by atoms with Crippen LogP contribution in [0.1, 0.15) is 26.3 Å². The van der Waals surface area contributed by atoms with Crippen molar-refractivity contribution in [3.8, 4) is 0 Å². The quantitative estimate of drug-likeness (QED) is 0.384. The van der Waals surface area contributed by atoms with Gasteiger partial charge in [0.1, 0.15) is 5.58 Å². The third-order valence-corrected chi connectivity index (χ3v) is 5.97. The van der Waals surface area contributed by atoms with Gasteiger partial charge in [-0.05, 0) is 35.2 Å². The Kier molecular flexibility index (Phi) is 4.39. The summed E-state index contributed by atoms with van der Waals surface area (Å²) in [5.41, 5.74) is -0.371. The standard InChI is InChI=1S/C19H17NO6S/c1-19(2,3)13-4-7-15(8-5-13)27(24,25)17-11-12-10-14(20(22)23)6-9-16(12)26-18(17)21/h4-11H,1-3H3. The van der Waals surface area contributed by atoms with Crippen LogP contribution in [0.2, 0.25) is 0 Å². The third-order valence-electron chi connectivity index (χ3n) is 4.21. The van der Waals surface area contributed by atoms with Crippen LogP contribution in [-0.2, 0) is 15.3 Å². The fourth-order valence-electron chi connectivity index (χ4n) is 2.65. The number of benzene rings is 2. The predicted octanol–water partition coefficient (Wildman–Crippen LogP) is 3.83. The molecule has 140 valence electrons. The molecule has 0 fully saturated rings. The van der Waals surface area contributed by atoms with E-state index >= 15 is 0 Å². The smallest absolute Gasteiger partial charge is 0.355 e. The van der Waals surface area contributed by atoms with E-state index in [9.17, 15) is 23.3 Å². The minimum atomic E-state index is -4.13. The van der Waals surface area contributed by atoms with E-state index in [0.29, 0.717) is 0 Å². The zero-order valence-electron chi connectivity index (χ0n) is 14.9. The molecular formula is C19H17NO6S. The maximum Gasteiger partial charge on any atom is 0.355 e. The summed E-state index contributed by atoms with van der Waals surface area (Å²) in [6.07, 6.45) is 0. The number of rotatable bonds is 3. The molecule has 0 aliphatic rings. The van der Waals surface area contributed by atoms with E-state index in [0.717, 1.165) is 11.6 Å². The molecule has 0 amide bonds. The molecule has 0 unspecified atom stereocenters. The van der Waals surface area contributed by atoms with Gasteiger partial charge >= 0.3 is 5.63 Å². The highest BCUT2D eigenvalue weighted by Crippen LogP contribution is 2.27. The van der Waals surface area contributed by atoms with Crippen molar-refractivity contribution in [2.45, 2.75) is 36.0 Å². The van der Waals surface area contributed by atoms with E-state index in [4.69, 9.17) is 4.42 Å². The van der Waals surface area contributed by atoms with E-state index in [1.54, 1.807) is 12.1 Å². The van der Waals surface area contributed by atoms with E-state index in [-0.39, 0.29) is 27.0 Å². The number of nitro groups is 1. The third kappa shape index (κ3) is 3.48. The van der Waals surface area contributed by atoms with Crippen molar-refractivity contribution < 1.29 is 17.8 Å². The molecule has 0 N–H and O–H groups in total. The van der Waals surface area contributed by atoms with E-state index < -0.39 is 25.3 Å². The van der Waals surface area contributed by atoms with E-state index in [1.165, 1.54) is 30.3 Å². The highest BCUT2D eigenvalue weighted by atomic mass is 32.2. The molecule has 3 rings (SSSR count). The van der Waals surface area contributed by atoms with Crippen LogP contribution in [0.3, 0.4) is 0 Å². The first kappa shape index (κ1) is 18.8. The highest BCUT2D eigenvalue weighted by molar-refractivity contribution is 7.91. The van der Waals surface area contributed by atoms with Crippen molar-refractivity contribution in [3.05, 3.63) is 74.6 Å². The lowest BCUT2D eigenvalue weighted by Gasteiger charge is -2.19. The fraction of sp³-hybridized carbons (Fsp3) is 0.211. The van der Waals surface area contributed by atoms with Crippen molar-refractivity contribution in [3.63, 3.8) is 0 Å². The van der Waals surface area contributed by atoms with Gasteiger partial charge in [0, 0.05) is 17.5 Å². The van der Waals surface area contributed by atoms with Crippen LogP contribution in [0.25, 0.3) is 11.0 Å². The van der Waals surface area contributed by atoms with E-state index in [1.807, 2.05) is 20.8 Å². The first-order valence-corrected chi connectivity index (χ1v) is 9.56. The van der Waals surface area contributed by atoms with Gasteiger partial charge in [-0.2, -0.15) is 0 Å². The summed E-state index contributed by atoms with van der Waals surface area (Å²) < 4.78 is 30.8. The van der Waals surface area contributed by atoms with Crippen molar-refractivity contribution in [1.82, 2.24) is 0 Å². The highest BCUT2D eigenvalue weighted by Gasteiger charge is 2.24. The average molecular weight is 387 g/mol. The Morgan fingerprint density at radius 2 is 1.63 bits per heavy atom. The van der Waals surface area contributed by atoms with Gasteiger partial charge < -0.3 is 4.42 Å². The number of fused-ring (bicyclic) bond motifs is 1. The maximum atomic E-state index is 12.9. The Morgan fingerprint density at radius 1 is 1.00 bits per heavy atom. The molecule has 8 heteroatoms. The van der Waals surface area contributed by atoms with Gasteiger partial charge in [0.25, 0.3) is 5.69 Å². The van der Waals surface area contributed by atoms with Gasteiger partial charge in [-0.25, -0.2) is 13.2 Å². The van der Waals surface area contributed by atoms with Crippen LogP contribution in [0, 0.1) is 10.1 Å². The van der Waals surface area contributed by atoms with Crippen LogP contribution in [0.5, 0.6) is 0 Å². The number of nitro benzene ring substituents is 1. The molecule has 0 atom stereocenters. The van der Waals surface area contributed by atoms with E-state index in [2.05, 4.69) is 0 Å². The summed E-state index contributed by atoms with van der Waals surface area (Å²) in [6.45, 7) is 6.00. The van der Waals surface area contributed by atoms with Crippen molar-refractivity contribution in [2.75, 3.05) is 0 Å². The molecule has 2 aromatic carbocycles. The Labute approximate surface area is 155 Å². The zero-order chi connectivity index (χ0) is 20.0. The molecule has 1 heterocycles. The van der Waals surface area contributed by atoms with Crippen LogP contribution in [0.15, 0.2) is 67.5 Å². The molecule has 1 aromatic heterocycles. The monoisotopic (exact) mass is 387 g/mol. The molecule has 0 aliphatic heterocycles. The SMILES string of the molecule is CC(C)(C)c1ccc(S(=O)(=O)c2cc3cc([N+](=O)[O-])ccc3oc2=O)cc1. The summed E-state index contributed by atoms with van der Waals surface area (Å²) in [5, 5.41) is 11.1. The maximum absolute atomic E-state index is 12.9. The summed E-state index contributed by atoms with van der Waals surface area (Å²) in [7, 11) is -4.13. The van der Waals surface area contributed by atoms with Gasteiger partial charge in [0.15, 0.2) is 4.90 Å². The first-order chi connectivity index (χ1) is 12.5. The molecule has 0 spiro atoms. The minimum Gasteiger partial charge on any atom is -0.422 e. The Bertz CT molecular complexity index is 1200. The van der Waals surface area contributed by atoms with Gasteiger partial charge in [0.05, 0.1) is 9.82 Å². The number of non-ortho nitro benzene ring substituents is 1. The largest absolute Gasteiger partial charge is 0.422 e. The van der Waals surface area contributed by atoms with Gasteiger partial charge in [-0.15, -0.1) is 0 Å². The fourth-order valence-corrected chi connectivity index (χ4v) is 3.95. The van der Waals surface area contributed by atoms with Crippen LogP contribution < -0.4 is 5.63 Å². The van der Waals surface area contributed by atoms with Crippen molar-refractivity contribution in [2.24, 2.45) is 0 Å².